The zero-order valence-electron chi connectivity index (χ0n) is 22.9. The topological polar surface area (TPSA) is 124 Å². The number of halogens is 3. The minimum atomic E-state index is -4.34. The predicted molar refractivity (Wildman–Crippen MR) is 148 cm³/mol. The zero-order chi connectivity index (χ0) is 29.1. The average Bonchev–Trinajstić information content (AvgIpc) is 3.16. The molecule has 1 aliphatic carbocycles. The molecule has 0 radical (unpaired) electrons. The number of nitrogens with one attached hydrogen (secondary N) is 1. The Morgan fingerprint density at radius 3 is 2.49 bits per heavy atom. The second kappa shape index (κ2) is 10.5. The van der Waals surface area contributed by atoms with Gasteiger partial charge in [0.1, 0.15) is 22.7 Å². The van der Waals surface area contributed by atoms with Crippen LogP contribution in [0.3, 0.4) is 0 Å². The second-order valence-corrected chi connectivity index (χ2v) is 12.9. The van der Waals surface area contributed by atoms with E-state index >= 15 is 0 Å². The number of anilines is 1. The third-order valence-corrected chi connectivity index (χ3v) is 8.69. The number of nitrogens with zero attached hydrogens (tertiary/aromatic N) is 6. The molecule has 2 aliphatic rings. The van der Waals surface area contributed by atoms with Crippen molar-refractivity contribution in [1.82, 2.24) is 29.3 Å². The van der Waals surface area contributed by atoms with Crippen LogP contribution in [0, 0.1) is 11.3 Å². The van der Waals surface area contributed by atoms with Gasteiger partial charge in [-0.1, -0.05) is 6.92 Å². The van der Waals surface area contributed by atoms with Crippen LogP contribution in [-0.2, 0) is 17.1 Å². The first-order valence-electron chi connectivity index (χ1n) is 12.7. The fraction of sp³-hybridized carbons (Fsp3) is 0.520. The summed E-state index contributed by atoms with van der Waals surface area (Å²) in [4.78, 5) is 19.8. The third kappa shape index (κ3) is 6.03. The van der Waals surface area contributed by atoms with E-state index in [4.69, 9.17) is 4.74 Å². The number of alkyl halides is 3. The molecule has 1 amide bonds. The van der Waals surface area contributed by atoms with Crippen LogP contribution >= 0.6 is 13.5 Å². The summed E-state index contributed by atoms with van der Waals surface area (Å²) in [5, 5.41) is 8.08. The minimum Gasteiger partial charge on any atom is -0.476 e. The molecule has 1 saturated heterocycles. The van der Waals surface area contributed by atoms with E-state index in [1.165, 1.54) is 40.0 Å². The normalized spacial score (nSPS) is 19.5. The molecule has 1 atom stereocenters. The summed E-state index contributed by atoms with van der Waals surface area (Å²) in [5.41, 5.74) is -2.18. The van der Waals surface area contributed by atoms with Crippen LogP contribution in [-0.4, -0.2) is 63.7 Å². The number of rotatable bonds is 8. The van der Waals surface area contributed by atoms with Gasteiger partial charge in [-0.05, 0) is 51.2 Å². The molecule has 224 valence electrons. The number of carbonyl (C=O) groups excluding carboxylic acids is 1. The van der Waals surface area contributed by atoms with Crippen LogP contribution in [0.1, 0.15) is 50.4 Å². The highest BCUT2D eigenvalue weighted by Crippen LogP contribution is 2.57. The van der Waals surface area contributed by atoms with Crippen molar-refractivity contribution in [3.8, 4) is 11.7 Å². The third-order valence-electron chi connectivity index (χ3n) is 7.40. The number of aryl methyl sites for hydroxylation is 1. The molecule has 3 aromatic heterocycles. The van der Waals surface area contributed by atoms with Crippen molar-refractivity contribution in [3.63, 3.8) is 0 Å². The fourth-order valence-electron chi connectivity index (χ4n) is 5.07. The molecule has 1 saturated carbocycles. The summed E-state index contributed by atoms with van der Waals surface area (Å²) >= 11 is 0. The first-order chi connectivity index (χ1) is 18.6. The quantitative estimate of drug-likeness (QED) is 0.408. The largest absolute Gasteiger partial charge is 0.476 e. The summed E-state index contributed by atoms with van der Waals surface area (Å²) in [6.07, 6.45) is 0.430. The van der Waals surface area contributed by atoms with Crippen LogP contribution in [0.15, 0.2) is 41.7 Å². The lowest BCUT2D eigenvalue weighted by Gasteiger charge is -2.34. The van der Waals surface area contributed by atoms with Gasteiger partial charge in [-0.2, -0.15) is 31.8 Å². The molecule has 0 aromatic carbocycles. The Hall–Kier alpha value is -3.27. The number of hydrogen-bond acceptors (Lipinski definition) is 8. The van der Waals surface area contributed by atoms with E-state index in [2.05, 4.69) is 26.8 Å². The molecule has 11 nitrogen and oxygen atoms in total. The number of pyridine rings is 1. The number of ether oxygens (including phenoxy) is 1. The van der Waals surface area contributed by atoms with Gasteiger partial charge in [-0.3, -0.25) is 9.48 Å². The Morgan fingerprint density at radius 2 is 1.93 bits per heavy atom. The van der Waals surface area contributed by atoms with Crippen molar-refractivity contribution in [2.75, 3.05) is 18.1 Å². The van der Waals surface area contributed by atoms with E-state index in [1.807, 2.05) is 18.7 Å². The van der Waals surface area contributed by atoms with E-state index in [9.17, 15) is 26.4 Å². The number of hydrogen-bond donors (Lipinski definition) is 1. The monoisotopic (exact) mass is 615 g/mol. The van der Waals surface area contributed by atoms with Gasteiger partial charge in [0.15, 0.2) is 5.82 Å². The van der Waals surface area contributed by atoms with E-state index in [1.54, 1.807) is 7.05 Å². The van der Waals surface area contributed by atoms with Crippen molar-refractivity contribution in [2.24, 2.45) is 18.4 Å². The van der Waals surface area contributed by atoms with Crippen LogP contribution in [0.5, 0.6) is 5.88 Å². The standard InChI is InChI=1S/C25H30F3N7O4S.H2S/c1-16-11-23(2,3)34(13-16)21-18(22(36)32-40(37,38)17-12-29-33(4)14-17)5-6-19(30-21)35-10-7-20(31-35)39-15-24(8-9-24)25(26,27)28;/h5-7,10,12,14,16H,8-9,11,13,15H2,1-4H3,(H,32,36);1H2/t16-;/m0./s1. The molecule has 0 spiro atoms. The SMILES string of the molecule is C[C@@H]1CN(c2nc(-n3ccc(OCC4(C(F)(F)F)CC4)n3)ccc2C(=O)NS(=O)(=O)c2cnn(C)c2)C(C)(C)C1.S. The molecule has 16 heteroatoms. The average molecular weight is 616 g/mol. The predicted octanol–water partition coefficient (Wildman–Crippen LogP) is 3.58. The summed E-state index contributed by atoms with van der Waals surface area (Å²) in [6, 6.07) is 4.38. The van der Waals surface area contributed by atoms with Gasteiger partial charge in [0, 0.05) is 37.6 Å². The molecule has 5 rings (SSSR count). The molecule has 1 aliphatic heterocycles. The van der Waals surface area contributed by atoms with Gasteiger partial charge in [0.05, 0.1) is 11.8 Å². The van der Waals surface area contributed by atoms with Crippen molar-refractivity contribution in [1.29, 1.82) is 0 Å². The zero-order valence-corrected chi connectivity index (χ0v) is 24.8. The highest BCUT2D eigenvalue weighted by molar-refractivity contribution is 7.90. The summed E-state index contributed by atoms with van der Waals surface area (Å²) in [7, 11) is -2.63. The fourth-order valence-corrected chi connectivity index (χ4v) is 6.02. The molecule has 1 N–H and O–H groups in total. The lowest BCUT2D eigenvalue weighted by Crippen LogP contribution is -2.41. The van der Waals surface area contributed by atoms with Crippen LogP contribution in [0.25, 0.3) is 5.82 Å². The summed E-state index contributed by atoms with van der Waals surface area (Å²) < 4.78 is 75.5. The molecule has 41 heavy (non-hydrogen) atoms. The Labute approximate surface area is 242 Å². The van der Waals surface area contributed by atoms with Gasteiger partial charge in [0.2, 0.25) is 5.88 Å². The van der Waals surface area contributed by atoms with Crippen molar-refractivity contribution in [2.45, 2.75) is 56.6 Å². The highest BCUT2D eigenvalue weighted by atomic mass is 32.2. The Balaban J connectivity index is 0.00000387. The van der Waals surface area contributed by atoms with Gasteiger partial charge < -0.3 is 9.64 Å². The van der Waals surface area contributed by atoms with E-state index in [-0.39, 0.29) is 60.2 Å². The molecular formula is C25H32F3N7O4S2. The molecule has 0 bridgehead atoms. The van der Waals surface area contributed by atoms with E-state index in [0.717, 1.165) is 12.6 Å². The molecule has 2 fully saturated rings. The second-order valence-electron chi connectivity index (χ2n) is 11.2. The van der Waals surface area contributed by atoms with E-state index in [0.29, 0.717) is 6.54 Å². The van der Waals surface area contributed by atoms with E-state index < -0.39 is 39.7 Å². The Kier molecular flexibility index (Phi) is 7.88. The van der Waals surface area contributed by atoms with Crippen LogP contribution < -0.4 is 14.4 Å². The number of amides is 1. The first-order valence-corrected chi connectivity index (χ1v) is 14.2. The first kappa shape index (κ1) is 30.7. The lowest BCUT2D eigenvalue weighted by molar-refractivity contribution is -0.194. The number of carbonyl (C=O) groups is 1. The van der Waals surface area contributed by atoms with Crippen molar-refractivity contribution in [3.05, 3.63) is 42.4 Å². The van der Waals surface area contributed by atoms with Crippen LogP contribution in [0.4, 0.5) is 19.0 Å². The minimum absolute atomic E-state index is 0. The van der Waals surface area contributed by atoms with Crippen molar-refractivity contribution >= 4 is 35.2 Å². The van der Waals surface area contributed by atoms with Gasteiger partial charge >= 0.3 is 6.18 Å². The molecule has 3 aromatic rings. The molecular weight excluding hydrogens is 583 g/mol. The van der Waals surface area contributed by atoms with Crippen LogP contribution in [0.2, 0.25) is 0 Å². The summed E-state index contributed by atoms with van der Waals surface area (Å²) in [5.74, 6) is -0.0249. The van der Waals surface area contributed by atoms with Crippen molar-refractivity contribution < 1.29 is 31.1 Å². The summed E-state index contributed by atoms with van der Waals surface area (Å²) in [6.45, 7) is 6.14. The van der Waals surface area contributed by atoms with Gasteiger partial charge in [-0.25, -0.2) is 22.8 Å². The number of sulfonamides is 1. The molecule has 4 heterocycles. The maximum atomic E-state index is 13.3. The Bertz CT molecular complexity index is 1550. The number of aromatic nitrogens is 5. The smallest absolute Gasteiger partial charge is 0.397 e. The van der Waals surface area contributed by atoms with Gasteiger partial charge in [-0.15, -0.1) is 5.10 Å². The maximum Gasteiger partial charge on any atom is 0.397 e. The van der Waals surface area contributed by atoms with Gasteiger partial charge in [0.25, 0.3) is 15.9 Å². The molecule has 0 unspecified atom stereocenters. The lowest BCUT2D eigenvalue weighted by atomic mass is 9.97. The Morgan fingerprint density at radius 1 is 1.22 bits per heavy atom. The maximum absolute atomic E-state index is 13.3. The highest BCUT2D eigenvalue weighted by Gasteiger charge is 2.64.